The molecule has 0 fully saturated rings. The first kappa shape index (κ1) is 62.3. The van der Waals surface area contributed by atoms with E-state index in [9.17, 15) is 53.4 Å². The zero-order valence-electron chi connectivity index (χ0n) is 41.5. The third-order valence-electron chi connectivity index (χ3n) is 10.5. The molecule has 30 nitrogen and oxygen atoms in total. The summed E-state index contributed by atoms with van der Waals surface area (Å²) in [5, 5.41) is 40.5. The summed E-state index contributed by atoms with van der Waals surface area (Å²) >= 11 is 0. The van der Waals surface area contributed by atoms with Crippen LogP contribution >= 0.6 is 0 Å². The number of guanidine groups is 3. The highest BCUT2D eigenvalue weighted by Gasteiger charge is 2.33. The number of amides is 9. The van der Waals surface area contributed by atoms with Gasteiger partial charge in [-0.15, -0.1) is 0 Å². The van der Waals surface area contributed by atoms with E-state index in [2.05, 4.69) is 57.5 Å². The summed E-state index contributed by atoms with van der Waals surface area (Å²) in [4.78, 5) is 130. The fourth-order valence-corrected chi connectivity index (χ4v) is 6.77. The van der Waals surface area contributed by atoms with Gasteiger partial charge in [0.05, 0.1) is 31.3 Å². The van der Waals surface area contributed by atoms with Gasteiger partial charge >= 0.3 is 0 Å². The van der Waals surface area contributed by atoms with Crippen LogP contribution in [0.15, 0.2) is 63.5 Å². The number of aliphatic hydroxyl groups excluding tert-OH is 1. The molecule has 9 amide bonds. The van der Waals surface area contributed by atoms with Crippen molar-refractivity contribution in [3.63, 3.8) is 0 Å². The molecule has 0 saturated heterocycles. The molecule has 0 bridgehead atoms. The Kier molecular flexibility index (Phi) is 27.4. The molecule has 75 heavy (non-hydrogen) atoms. The summed E-state index contributed by atoms with van der Waals surface area (Å²) in [6, 6.07) is 5.56. The maximum Gasteiger partial charge on any atom is 0.247 e. The van der Waals surface area contributed by atoms with Gasteiger partial charge < -0.3 is 98.6 Å². The number of aliphatic imine (C=N–C) groups is 3. The van der Waals surface area contributed by atoms with E-state index in [0.717, 1.165) is 5.56 Å². The monoisotopic (exact) mass is 1050 g/mol. The topological polar surface area (TPSA) is 536 Å². The number of rotatable bonds is 33. The number of hydrogen-bond donors (Lipinski definition) is 18. The number of aromatic hydroxyl groups is 1. The van der Waals surface area contributed by atoms with Gasteiger partial charge in [-0.2, -0.15) is 0 Å². The maximum absolute atomic E-state index is 14.0. The molecule has 2 aromatic carbocycles. The van der Waals surface area contributed by atoms with Crippen LogP contribution in [0.4, 0.5) is 11.4 Å². The van der Waals surface area contributed by atoms with Gasteiger partial charge in [-0.05, 0) is 75.6 Å². The Labute approximate surface area is 431 Å². The normalized spacial score (nSPS) is 13.0. The zero-order chi connectivity index (χ0) is 56.0. The molecule has 0 aliphatic heterocycles. The number of carbonyl (C=O) groups is 9. The van der Waals surface area contributed by atoms with E-state index >= 15 is 0 Å². The number of phenolic OH excluding ortho intramolecular Hbond substituents is 1. The Morgan fingerprint density at radius 1 is 0.573 bits per heavy atom. The second kappa shape index (κ2) is 33.0. The number of nitrogens with one attached hydrogen (secondary N) is 8. The SMILES string of the molecule is C[C@@H](O)[C@H](NC(=O)[C@H](CCCN=C(N)N)NC(=O)CN)C(=O)NCC(=O)N[C@@H](CCCN=C(N)N)C(=O)N[C@@H](CCCN=C(N)N)C(=O)N[C@@H](CC(N)=O)C(=O)Nc1cc(NC(=O)CCc2ccccc2)ccc1O. The number of phenols is 1. The number of nitrogens with two attached hydrogens (primary N) is 8. The first-order chi connectivity index (χ1) is 35.5. The first-order valence-electron chi connectivity index (χ1n) is 23.6. The predicted octanol–water partition coefficient (Wildman–Crippen LogP) is -6.18. The van der Waals surface area contributed by atoms with Crippen molar-refractivity contribution in [2.75, 3.05) is 43.4 Å². The molecular weight excluding hydrogens is 983 g/mol. The van der Waals surface area contributed by atoms with E-state index in [1.807, 2.05) is 30.3 Å². The van der Waals surface area contributed by atoms with E-state index < -0.39 is 109 Å². The van der Waals surface area contributed by atoms with E-state index in [4.69, 9.17) is 45.9 Å². The highest BCUT2D eigenvalue weighted by Crippen LogP contribution is 2.27. The summed E-state index contributed by atoms with van der Waals surface area (Å²) < 4.78 is 0. The van der Waals surface area contributed by atoms with Crippen molar-refractivity contribution in [2.45, 2.75) is 101 Å². The molecule has 6 atom stereocenters. The van der Waals surface area contributed by atoms with Crippen molar-refractivity contribution in [3.05, 3.63) is 54.1 Å². The highest BCUT2D eigenvalue weighted by atomic mass is 16.3. The van der Waals surface area contributed by atoms with Crippen molar-refractivity contribution in [3.8, 4) is 5.75 Å². The Bertz CT molecular complexity index is 2360. The molecule has 2 aromatic rings. The summed E-state index contributed by atoms with van der Waals surface area (Å²) in [6.07, 6.45) is -1.71. The van der Waals surface area contributed by atoms with Gasteiger partial charge in [0.2, 0.25) is 53.2 Å². The lowest BCUT2D eigenvalue weighted by molar-refractivity contribution is -0.135. The van der Waals surface area contributed by atoms with Crippen LogP contribution < -0.4 is 88.4 Å². The third kappa shape index (κ3) is 25.4. The molecular formula is C45H71N19O11. The third-order valence-corrected chi connectivity index (χ3v) is 10.5. The summed E-state index contributed by atoms with van der Waals surface area (Å²) in [5.41, 5.74) is 44.3. The Morgan fingerprint density at radius 2 is 1.07 bits per heavy atom. The van der Waals surface area contributed by atoms with Crippen LogP contribution in [0.2, 0.25) is 0 Å². The van der Waals surface area contributed by atoms with Crippen LogP contribution in [0, 0.1) is 0 Å². The van der Waals surface area contributed by atoms with Gasteiger partial charge in [0.15, 0.2) is 17.9 Å². The van der Waals surface area contributed by atoms with Crippen LogP contribution in [0.5, 0.6) is 5.75 Å². The molecule has 2 rings (SSSR count). The van der Waals surface area contributed by atoms with Gasteiger partial charge in [0.25, 0.3) is 0 Å². The van der Waals surface area contributed by atoms with Gasteiger partial charge in [0.1, 0.15) is 36.0 Å². The quantitative estimate of drug-likeness (QED) is 0.0104. The smallest absolute Gasteiger partial charge is 0.247 e. The van der Waals surface area contributed by atoms with Crippen LogP contribution in [-0.4, -0.2) is 150 Å². The number of aliphatic hydroxyl groups is 1. The standard InChI is InChI=1S/C45H71N19O11/c1-24(65)37(64-40(73)28(59-35(69)22-46)11-6-18-55-44(50)51)42(75)57-23-36(70)60-27(10-5-17-54-43(48)49)38(71)61-29(12-7-19-56-45(52)53)39(72)63-31(21-33(47)67)41(74)62-30-20-26(14-15-32(30)66)58-34(68)16-13-25-8-3-2-4-9-25/h2-4,8-9,14-15,20,24,27-29,31,37,65-66H,5-7,10-13,16-19,21-23,46H2,1H3,(H2,47,67)(H,57,75)(H,58,68)(H,59,69)(H,60,70)(H,61,71)(H,62,74)(H,63,72)(H,64,73)(H4,48,49,54)(H4,50,51,55)(H4,52,53,56)/t24-,27+,28+,29+,31+,37+/m1/s1. The van der Waals surface area contributed by atoms with Gasteiger partial charge in [-0.25, -0.2) is 0 Å². The van der Waals surface area contributed by atoms with Gasteiger partial charge in [-0.3, -0.25) is 58.1 Å². The lowest BCUT2D eigenvalue weighted by Gasteiger charge is -2.26. The Morgan fingerprint density at radius 3 is 1.56 bits per heavy atom. The van der Waals surface area contributed by atoms with Crippen LogP contribution in [0.1, 0.15) is 63.9 Å². The Hall–Kier alpha value is -8.80. The molecule has 0 spiro atoms. The number of benzene rings is 2. The number of primary amides is 1. The van der Waals surface area contributed by atoms with E-state index in [1.54, 1.807) is 0 Å². The van der Waals surface area contributed by atoms with E-state index in [1.165, 1.54) is 25.1 Å². The zero-order valence-corrected chi connectivity index (χ0v) is 41.5. The van der Waals surface area contributed by atoms with Crippen LogP contribution in [0.3, 0.4) is 0 Å². The average molecular weight is 1050 g/mol. The average Bonchev–Trinajstić information content (AvgIpc) is 3.34. The molecule has 412 valence electrons. The fourth-order valence-electron chi connectivity index (χ4n) is 6.77. The first-order valence-corrected chi connectivity index (χ1v) is 23.6. The lowest BCUT2D eigenvalue weighted by Crippen LogP contribution is -2.59. The highest BCUT2D eigenvalue weighted by molar-refractivity contribution is 6.02. The molecule has 0 aliphatic carbocycles. The van der Waals surface area contributed by atoms with Crippen molar-refractivity contribution in [1.82, 2.24) is 31.9 Å². The van der Waals surface area contributed by atoms with Gasteiger partial charge in [0, 0.05) is 31.7 Å². The van der Waals surface area contributed by atoms with Crippen molar-refractivity contribution >= 4 is 82.4 Å². The van der Waals surface area contributed by atoms with E-state index in [0.29, 0.717) is 6.42 Å². The second-order valence-electron chi connectivity index (χ2n) is 16.8. The molecule has 0 unspecified atom stereocenters. The molecule has 0 aromatic heterocycles. The number of carbonyl (C=O) groups excluding carboxylic acids is 9. The predicted molar refractivity (Wildman–Crippen MR) is 277 cm³/mol. The second-order valence-corrected chi connectivity index (χ2v) is 16.8. The minimum Gasteiger partial charge on any atom is -0.506 e. The Balaban J connectivity index is 2.30. The minimum absolute atomic E-state index is 0.000379. The molecule has 0 heterocycles. The summed E-state index contributed by atoms with van der Waals surface area (Å²) in [5.74, 6) is -9.14. The summed E-state index contributed by atoms with van der Waals surface area (Å²) in [6.45, 7) is -0.0370. The number of aryl methyl sites for hydroxylation is 1. The van der Waals surface area contributed by atoms with Crippen molar-refractivity contribution in [1.29, 1.82) is 0 Å². The van der Waals surface area contributed by atoms with Gasteiger partial charge in [-0.1, -0.05) is 30.3 Å². The number of hydrogen-bond acceptors (Lipinski definition) is 15. The lowest BCUT2D eigenvalue weighted by atomic mass is 10.1. The van der Waals surface area contributed by atoms with Crippen LogP contribution in [0.25, 0.3) is 0 Å². The minimum atomic E-state index is -1.70. The van der Waals surface area contributed by atoms with Crippen molar-refractivity contribution in [2.24, 2.45) is 60.8 Å². The number of nitrogens with zero attached hydrogens (tertiary/aromatic N) is 3. The van der Waals surface area contributed by atoms with Crippen molar-refractivity contribution < 1.29 is 53.4 Å². The number of anilines is 2. The van der Waals surface area contributed by atoms with E-state index in [-0.39, 0.29) is 99.7 Å². The molecule has 0 radical (unpaired) electrons. The molecule has 0 aliphatic rings. The largest absolute Gasteiger partial charge is 0.506 e. The summed E-state index contributed by atoms with van der Waals surface area (Å²) in [7, 11) is 0. The fraction of sp³-hybridized carbons (Fsp3) is 0.467. The van der Waals surface area contributed by atoms with Crippen LogP contribution in [-0.2, 0) is 49.6 Å². The molecule has 30 heteroatoms. The molecule has 0 saturated carbocycles. The maximum atomic E-state index is 14.0. The molecule has 26 N–H and O–H groups in total.